The van der Waals surface area contributed by atoms with E-state index in [1.807, 2.05) is 30.3 Å². The molecule has 0 aliphatic heterocycles. The maximum atomic E-state index is 6.28. The molecule has 3 nitrogen and oxygen atoms in total. The van der Waals surface area contributed by atoms with Crippen LogP contribution in [0, 0.1) is 0 Å². The summed E-state index contributed by atoms with van der Waals surface area (Å²) in [6.45, 7) is 0. The van der Waals surface area contributed by atoms with E-state index in [9.17, 15) is 0 Å². The van der Waals surface area contributed by atoms with Crippen molar-refractivity contribution in [3.05, 3.63) is 253 Å². The summed E-state index contributed by atoms with van der Waals surface area (Å²) in [5.41, 5.74) is 18.1. The quantitative estimate of drug-likeness (QED) is 0.161. The summed E-state index contributed by atoms with van der Waals surface area (Å²) < 4.78 is 6.28. The third-order valence-corrected chi connectivity index (χ3v) is 12.6. The zero-order valence-electron chi connectivity index (χ0n) is 33.7. The molecule has 0 atom stereocenters. The maximum absolute atomic E-state index is 6.28. The molecule has 290 valence electrons. The van der Waals surface area contributed by atoms with Gasteiger partial charge in [-0.05, 0) is 92.0 Å². The van der Waals surface area contributed by atoms with Crippen LogP contribution in [0.4, 0.5) is 0 Å². The fourth-order valence-electron chi connectivity index (χ4n) is 9.79. The lowest BCUT2D eigenvalue weighted by molar-refractivity contribution is 0.669. The van der Waals surface area contributed by atoms with Crippen molar-refractivity contribution in [3.8, 4) is 67.3 Å². The van der Waals surface area contributed by atoms with Gasteiger partial charge in [-0.3, -0.25) is 0 Å². The van der Waals surface area contributed by atoms with Gasteiger partial charge in [-0.25, -0.2) is 9.97 Å². The molecule has 0 radical (unpaired) electrons. The molecular weight excluding hydrogens is 753 g/mol. The first kappa shape index (κ1) is 35.8. The van der Waals surface area contributed by atoms with Crippen molar-refractivity contribution in [3.63, 3.8) is 0 Å². The minimum absolute atomic E-state index is 0.453. The topological polar surface area (TPSA) is 38.9 Å². The third-order valence-electron chi connectivity index (χ3n) is 12.6. The minimum Gasteiger partial charge on any atom is -0.456 e. The molecule has 0 saturated carbocycles. The number of hydrogen-bond acceptors (Lipinski definition) is 3. The Kier molecular flexibility index (Phi) is 8.39. The molecule has 0 bridgehead atoms. The Balaban J connectivity index is 1.00. The average molecular weight is 791 g/mol. The van der Waals surface area contributed by atoms with Crippen LogP contribution in [0.1, 0.15) is 22.3 Å². The molecule has 3 heteroatoms. The zero-order valence-corrected chi connectivity index (χ0v) is 33.7. The number of para-hydroxylation sites is 1. The Morgan fingerprint density at radius 3 is 1.66 bits per heavy atom. The van der Waals surface area contributed by atoms with Gasteiger partial charge in [-0.2, -0.15) is 0 Å². The summed E-state index contributed by atoms with van der Waals surface area (Å²) in [5, 5.41) is 2.24. The second-order valence-electron chi connectivity index (χ2n) is 16.1. The molecule has 0 saturated heterocycles. The average Bonchev–Trinajstić information content (AvgIpc) is 3.88. The predicted octanol–water partition coefficient (Wildman–Crippen LogP) is 15.1. The zero-order chi connectivity index (χ0) is 41.0. The Hall–Kier alpha value is -8.14. The van der Waals surface area contributed by atoms with E-state index in [2.05, 4.69) is 200 Å². The molecule has 1 aliphatic carbocycles. The molecule has 0 amide bonds. The summed E-state index contributed by atoms with van der Waals surface area (Å²) in [4.78, 5) is 10.5. The largest absolute Gasteiger partial charge is 0.456 e. The predicted molar refractivity (Wildman–Crippen MR) is 254 cm³/mol. The molecule has 0 spiro atoms. The molecule has 62 heavy (non-hydrogen) atoms. The summed E-state index contributed by atoms with van der Waals surface area (Å²) in [6.07, 6.45) is 0. The van der Waals surface area contributed by atoms with Crippen LogP contribution in [0.5, 0.6) is 0 Å². The van der Waals surface area contributed by atoms with E-state index < -0.39 is 5.41 Å². The highest BCUT2D eigenvalue weighted by molar-refractivity contribution is 6.06. The van der Waals surface area contributed by atoms with Crippen LogP contribution in [0.2, 0.25) is 0 Å². The van der Waals surface area contributed by atoms with E-state index in [1.165, 1.54) is 33.4 Å². The van der Waals surface area contributed by atoms with Gasteiger partial charge in [0.25, 0.3) is 0 Å². The smallest absolute Gasteiger partial charge is 0.160 e. The van der Waals surface area contributed by atoms with Crippen LogP contribution < -0.4 is 0 Å². The molecule has 1 aliphatic rings. The minimum atomic E-state index is -0.453. The molecular formula is C59H38N2O. The summed E-state index contributed by atoms with van der Waals surface area (Å²) >= 11 is 0. The monoisotopic (exact) mass is 790 g/mol. The van der Waals surface area contributed by atoms with Gasteiger partial charge in [0.2, 0.25) is 0 Å². The second kappa shape index (κ2) is 14.5. The number of aromatic nitrogens is 2. The molecule has 11 aromatic rings. The highest BCUT2D eigenvalue weighted by atomic mass is 16.3. The van der Waals surface area contributed by atoms with Crippen LogP contribution in [-0.2, 0) is 5.41 Å². The van der Waals surface area contributed by atoms with E-state index >= 15 is 0 Å². The first-order valence-electron chi connectivity index (χ1n) is 21.1. The number of nitrogens with zero attached hydrogens (tertiary/aromatic N) is 2. The lowest BCUT2D eigenvalue weighted by atomic mass is 9.67. The van der Waals surface area contributed by atoms with E-state index in [0.29, 0.717) is 5.82 Å². The van der Waals surface area contributed by atoms with Gasteiger partial charge in [-0.15, -0.1) is 0 Å². The van der Waals surface area contributed by atoms with Crippen molar-refractivity contribution in [2.24, 2.45) is 0 Å². The summed E-state index contributed by atoms with van der Waals surface area (Å²) in [6, 6.07) is 82.3. The Morgan fingerprint density at radius 2 is 0.871 bits per heavy atom. The SMILES string of the molecule is c1ccc(-c2nc(-c3cccc(-c4ccc5c(c4)oc4ccccc45)c3)cc(-c3ccccc3-c3ccc4c(c3)-c3ccccc3C4(c3ccccc3)c3ccccc3)n2)cc1. The standard InChI is InChI=1S/C59H38N2O/c1-4-17-39(18-5-1)58-60-54(43-20-16-19-40(35-43)41-31-33-50-49-28-13-15-30-56(49)62-57(50)37-41)38-55(61-58)48-27-11-10-25-46(48)42-32-34-53-51(36-42)47-26-12-14-29-52(47)59(53,44-21-6-2-7-22-44)45-23-8-3-9-24-45/h1-38H. The summed E-state index contributed by atoms with van der Waals surface area (Å²) in [5.74, 6) is 0.681. The van der Waals surface area contributed by atoms with Gasteiger partial charge in [0, 0.05) is 27.5 Å². The van der Waals surface area contributed by atoms with E-state index in [0.717, 1.165) is 72.3 Å². The molecule has 0 unspecified atom stereocenters. The van der Waals surface area contributed by atoms with Gasteiger partial charge >= 0.3 is 0 Å². The third kappa shape index (κ3) is 5.74. The van der Waals surface area contributed by atoms with Crippen molar-refractivity contribution in [1.29, 1.82) is 0 Å². The lowest BCUT2D eigenvalue weighted by Crippen LogP contribution is -2.28. The molecule has 2 heterocycles. The van der Waals surface area contributed by atoms with Crippen LogP contribution in [0.25, 0.3) is 89.2 Å². The molecule has 0 N–H and O–H groups in total. The van der Waals surface area contributed by atoms with Crippen molar-refractivity contribution in [1.82, 2.24) is 9.97 Å². The van der Waals surface area contributed by atoms with Gasteiger partial charge in [-0.1, -0.05) is 194 Å². The normalized spacial score (nSPS) is 12.6. The Bertz CT molecular complexity index is 3420. The molecule has 12 rings (SSSR count). The van der Waals surface area contributed by atoms with Crippen LogP contribution in [0.3, 0.4) is 0 Å². The van der Waals surface area contributed by atoms with E-state index in [4.69, 9.17) is 14.4 Å². The Morgan fingerprint density at radius 1 is 0.306 bits per heavy atom. The number of fused-ring (bicyclic) bond motifs is 6. The molecule has 2 aromatic heterocycles. The number of rotatable bonds is 7. The lowest BCUT2D eigenvalue weighted by Gasteiger charge is -2.33. The van der Waals surface area contributed by atoms with Gasteiger partial charge in [0.15, 0.2) is 5.82 Å². The van der Waals surface area contributed by atoms with Crippen LogP contribution in [-0.4, -0.2) is 9.97 Å². The highest BCUT2D eigenvalue weighted by Crippen LogP contribution is 2.56. The fraction of sp³-hybridized carbons (Fsp3) is 0.0169. The van der Waals surface area contributed by atoms with E-state index in [-0.39, 0.29) is 0 Å². The van der Waals surface area contributed by atoms with Crippen LogP contribution >= 0.6 is 0 Å². The molecule has 9 aromatic carbocycles. The van der Waals surface area contributed by atoms with Gasteiger partial charge in [0.05, 0.1) is 16.8 Å². The number of hydrogen-bond donors (Lipinski definition) is 0. The van der Waals surface area contributed by atoms with Crippen LogP contribution in [0.15, 0.2) is 235 Å². The van der Waals surface area contributed by atoms with E-state index in [1.54, 1.807) is 0 Å². The number of benzene rings is 9. The first-order chi connectivity index (χ1) is 30.7. The highest BCUT2D eigenvalue weighted by Gasteiger charge is 2.46. The Labute approximate surface area is 360 Å². The van der Waals surface area contributed by atoms with Crippen molar-refractivity contribution in [2.45, 2.75) is 5.41 Å². The fourth-order valence-corrected chi connectivity index (χ4v) is 9.79. The van der Waals surface area contributed by atoms with Gasteiger partial charge < -0.3 is 4.42 Å². The van der Waals surface area contributed by atoms with Crippen molar-refractivity contribution in [2.75, 3.05) is 0 Å². The second-order valence-corrected chi connectivity index (χ2v) is 16.1. The van der Waals surface area contributed by atoms with Gasteiger partial charge in [0.1, 0.15) is 11.2 Å². The maximum Gasteiger partial charge on any atom is 0.160 e. The first-order valence-corrected chi connectivity index (χ1v) is 21.1. The molecule has 0 fully saturated rings. The number of furan rings is 1. The van der Waals surface area contributed by atoms with Crippen molar-refractivity contribution >= 4 is 21.9 Å². The summed E-state index contributed by atoms with van der Waals surface area (Å²) in [7, 11) is 0. The van der Waals surface area contributed by atoms with Crippen molar-refractivity contribution < 1.29 is 4.42 Å².